The molecule has 0 bridgehead atoms. The van der Waals surface area contributed by atoms with E-state index in [1.807, 2.05) is 12.1 Å². The first-order valence-electron chi connectivity index (χ1n) is 7.42. The minimum absolute atomic E-state index is 0.0738. The van der Waals surface area contributed by atoms with Gasteiger partial charge < -0.3 is 5.32 Å². The molecule has 3 heteroatoms. The molecule has 1 aliphatic rings. The van der Waals surface area contributed by atoms with E-state index in [1.54, 1.807) is 12.1 Å². The fourth-order valence-corrected chi connectivity index (χ4v) is 3.04. The summed E-state index contributed by atoms with van der Waals surface area (Å²) in [6.07, 6.45) is 3.16. The molecular formula is C16H25FN2. The first kappa shape index (κ1) is 14.5. The normalized spacial score (nSPS) is 20.9. The minimum atomic E-state index is -0.0738. The Hall–Kier alpha value is -0.930. The van der Waals surface area contributed by atoms with Gasteiger partial charge in [0.1, 0.15) is 5.82 Å². The van der Waals surface area contributed by atoms with Crippen molar-refractivity contribution < 1.29 is 4.39 Å². The highest BCUT2D eigenvalue weighted by molar-refractivity contribution is 5.18. The van der Waals surface area contributed by atoms with E-state index in [2.05, 4.69) is 24.1 Å². The zero-order valence-corrected chi connectivity index (χ0v) is 12.0. The summed E-state index contributed by atoms with van der Waals surface area (Å²) in [4.78, 5) is 2.55. The van der Waals surface area contributed by atoms with Crippen molar-refractivity contribution in [1.82, 2.24) is 10.2 Å². The molecule has 0 amide bonds. The molecule has 1 aliphatic heterocycles. The number of hydrogen-bond acceptors (Lipinski definition) is 2. The van der Waals surface area contributed by atoms with Gasteiger partial charge in [0.15, 0.2) is 0 Å². The molecule has 2 rings (SSSR count). The van der Waals surface area contributed by atoms with Crippen molar-refractivity contribution in [2.24, 2.45) is 0 Å². The van der Waals surface area contributed by atoms with Gasteiger partial charge in [0.25, 0.3) is 0 Å². The molecule has 0 aliphatic carbocycles. The van der Waals surface area contributed by atoms with E-state index in [0.29, 0.717) is 12.1 Å². The second-order valence-electron chi connectivity index (χ2n) is 5.53. The van der Waals surface area contributed by atoms with Gasteiger partial charge in [0, 0.05) is 18.6 Å². The monoisotopic (exact) mass is 264 g/mol. The lowest BCUT2D eigenvalue weighted by Crippen LogP contribution is -2.44. The van der Waals surface area contributed by atoms with E-state index < -0.39 is 0 Å². The molecule has 2 nitrogen and oxygen atoms in total. The predicted molar refractivity (Wildman–Crippen MR) is 77.8 cm³/mol. The van der Waals surface area contributed by atoms with Crippen LogP contribution in [0.25, 0.3) is 0 Å². The number of halogens is 1. The van der Waals surface area contributed by atoms with Crippen LogP contribution in [-0.4, -0.2) is 36.6 Å². The standard InChI is InChI=1S/C16H25FN2/c1-3-10-19(15-8-9-18-12-15)13(2)11-14-6-4-5-7-16(14)17/h4-7,13,15,18H,3,8-12H2,1-2H3. The van der Waals surface area contributed by atoms with Crippen molar-refractivity contribution in [1.29, 1.82) is 0 Å². The Balaban J connectivity index is 2.02. The van der Waals surface area contributed by atoms with E-state index in [-0.39, 0.29) is 5.82 Å². The first-order valence-corrected chi connectivity index (χ1v) is 7.42. The van der Waals surface area contributed by atoms with Crippen LogP contribution < -0.4 is 5.32 Å². The number of rotatable bonds is 6. The molecular weight excluding hydrogens is 239 g/mol. The van der Waals surface area contributed by atoms with Gasteiger partial charge in [0.2, 0.25) is 0 Å². The Bertz CT molecular complexity index is 388. The summed E-state index contributed by atoms with van der Waals surface area (Å²) in [5, 5.41) is 3.43. The summed E-state index contributed by atoms with van der Waals surface area (Å²) in [7, 11) is 0. The maximum atomic E-state index is 13.7. The first-order chi connectivity index (χ1) is 9.22. The van der Waals surface area contributed by atoms with E-state index >= 15 is 0 Å². The number of benzene rings is 1. The minimum Gasteiger partial charge on any atom is -0.315 e. The van der Waals surface area contributed by atoms with Crippen molar-refractivity contribution in [2.75, 3.05) is 19.6 Å². The van der Waals surface area contributed by atoms with Crippen LogP contribution in [0, 0.1) is 5.82 Å². The van der Waals surface area contributed by atoms with Crippen molar-refractivity contribution in [2.45, 2.75) is 45.2 Å². The van der Waals surface area contributed by atoms with Crippen LogP contribution in [0.5, 0.6) is 0 Å². The quantitative estimate of drug-likeness (QED) is 0.850. The summed E-state index contributed by atoms with van der Waals surface area (Å²) in [5.74, 6) is -0.0738. The van der Waals surface area contributed by atoms with Gasteiger partial charge >= 0.3 is 0 Å². The molecule has 0 spiro atoms. The zero-order chi connectivity index (χ0) is 13.7. The van der Waals surface area contributed by atoms with Crippen LogP contribution >= 0.6 is 0 Å². The molecule has 1 fully saturated rings. The van der Waals surface area contributed by atoms with Gasteiger partial charge in [-0.05, 0) is 50.9 Å². The highest BCUT2D eigenvalue weighted by atomic mass is 19.1. The highest BCUT2D eigenvalue weighted by Crippen LogP contribution is 2.18. The molecule has 1 heterocycles. The third-order valence-corrected chi connectivity index (χ3v) is 4.02. The third kappa shape index (κ3) is 3.77. The van der Waals surface area contributed by atoms with Gasteiger partial charge in [-0.15, -0.1) is 0 Å². The number of nitrogens with zero attached hydrogens (tertiary/aromatic N) is 1. The highest BCUT2D eigenvalue weighted by Gasteiger charge is 2.26. The van der Waals surface area contributed by atoms with Gasteiger partial charge in [-0.3, -0.25) is 4.90 Å². The zero-order valence-electron chi connectivity index (χ0n) is 12.0. The molecule has 2 atom stereocenters. The third-order valence-electron chi connectivity index (χ3n) is 4.02. The molecule has 0 aromatic heterocycles. The van der Waals surface area contributed by atoms with E-state index in [1.165, 1.54) is 6.42 Å². The molecule has 0 radical (unpaired) electrons. The Kier molecular flexibility index (Phi) is 5.34. The maximum Gasteiger partial charge on any atom is 0.126 e. The van der Waals surface area contributed by atoms with Gasteiger partial charge in [-0.25, -0.2) is 4.39 Å². The Morgan fingerprint density at radius 2 is 2.21 bits per heavy atom. The second kappa shape index (κ2) is 7.01. The average Bonchev–Trinajstić information content (AvgIpc) is 2.92. The Morgan fingerprint density at radius 3 is 2.84 bits per heavy atom. The van der Waals surface area contributed by atoms with Crippen LogP contribution in [0.2, 0.25) is 0 Å². The van der Waals surface area contributed by atoms with Crippen molar-refractivity contribution in [3.05, 3.63) is 35.6 Å². The van der Waals surface area contributed by atoms with E-state index in [4.69, 9.17) is 0 Å². The second-order valence-corrected chi connectivity index (χ2v) is 5.53. The Labute approximate surface area is 116 Å². The van der Waals surface area contributed by atoms with Crippen LogP contribution in [0.4, 0.5) is 4.39 Å². The lowest BCUT2D eigenvalue weighted by atomic mass is 10.0. The lowest BCUT2D eigenvalue weighted by molar-refractivity contribution is 0.151. The summed E-state index contributed by atoms with van der Waals surface area (Å²) in [6.45, 7) is 7.71. The average molecular weight is 264 g/mol. The smallest absolute Gasteiger partial charge is 0.126 e. The van der Waals surface area contributed by atoms with Crippen LogP contribution in [0.1, 0.15) is 32.3 Å². The molecule has 19 heavy (non-hydrogen) atoms. The van der Waals surface area contributed by atoms with Crippen molar-refractivity contribution in [3.63, 3.8) is 0 Å². The molecule has 1 aromatic carbocycles. The van der Waals surface area contributed by atoms with Gasteiger partial charge in [-0.2, -0.15) is 0 Å². The van der Waals surface area contributed by atoms with Crippen molar-refractivity contribution in [3.8, 4) is 0 Å². The van der Waals surface area contributed by atoms with Gasteiger partial charge in [0.05, 0.1) is 0 Å². The van der Waals surface area contributed by atoms with E-state index in [9.17, 15) is 4.39 Å². The fraction of sp³-hybridized carbons (Fsp3) is 0.625. The molecule has 0 saturated carbocycles. The SMILES string of the molecule is CCCN(C(C)Cc1ccccc1F)C1CCNC1. The Morgan fingerprint density at radius 1 is 1.42 bits per heavy atom. The predicted octanol–water partition coefficient (Wildman–Crippen LogP) is 2.83. The number of hydrogen-bond donors (Lipinski definition) is 1. The molecule has 2 unspecified atom stereocenters. The molecule has 1 N–H and O–H groups in total. The summed E-state index contributed by atoms with van der Waals surface area (Å²) < 4.78 is 13.7. The largest absolute Gasteiger partial charge is 0.315 e. The maximum absolute atomic E-state index is 13.7. The summed E-state index contributed by atoms with van der Waals surface area (Å²) >= 11 is 0. The molecule has 106 valence electrons. The topological polar surface area (TPSA) is 15.3 Å². The van der Waals surface area contributed by atoms with E-state index in [0.717, 1.165) is 38.0 Å². The molecule has 1 aromatic rings. The van der Waals surface area contributed by atoms with Gasteiger partial charge in [-0.1, -0.05) is 25.1 Å². The molecule has 1 saturated heterocycles. The number of nitrogens with one attached hydrogen (secondary N) is 1. The van der Waals surface area contributed by atoms with Crippen molar-refractivity contribution >= 4 is 0 Å². The van der Waals surface area contributed by atoms with Crippen LogP contribution in [-0.2, 0) is 6.42 Å². The van der Waals surface area contributed by atoms with Crippen LogP contribution in [0.15, 0.2) is 24.3 Å². The summed E-state index contributed by atoms with van der Waals surface area (Å²) in [6, 6.07) is 8.15. The van der Waals surface area contributed by atoms with Crippen LogP contribution in [0.3, 0.4) is 0 Å². The lowest BCUT2D eigenvalue weighted by Gasteiger charge is -2.34. The summed E-state index contributed by atoms with van der Waals surface area (Å²) in [5.41, 5.74) is 0.835. The fourth-order valence-electron chi connectivity index (χ4n) is 3.04.